The molecule has 0 bridgehead atoms. The summed E-state index contributed by atoms with van der Waals surface area (Å²) in [5.41, 5.74) is 3.61. The van der Waals surface area contributed by atoms with Gasteiger partial charge in [0.2, 0.25) is 0 Å². The third kappa shape index (κ3) is 3.23. The van der Waals surface area contributed by atoms with Gasteiger partial charge in [-0.2, -0.15) is 0 Å². The number of fused-ring (bicyclic) bond motifs is 3. The molecule has 162 valence electrons. The minimum absolute atomic E-state index is 0.0101. The SMILES string of the molecule is O=C(c1ccccc1)c1cc2c(c3ccccc13)OC(c1ccccc1)(c1ccccc1)C=C2. The van der Waals surface area contributed by atoms with Crippen molar-refractivity contribution in [2.45, 2.75) is 5.60 Å². The van der Waals surface area contributed by atoms with E-state index in [2.05, 4.69) is 36.4 Å². The largest absolute Gasteiger partial charge is 0.472 e. The van der Waals surface area contributed by atoms with Crippen LogP contribution in [0.3, 0.4) is 0 Å². The Kier molecular flexibility index (Phi) is 4.85. The number of benzene rings is 5. The fraction of sp³-hybridized carbons (Fsp3) is 0.0312. The van der Waals surface area contributed by atoms with E-state index in [0.29, 0.717) is 11.1 Å². The molecule has 0 aromatic heterocycles. The second-order valence-corrected chi connectivity index (χ2v) is 8.49. The average molecular weight is 439 g/mol. The van der Waals surface area contributed by atoms with Gasteiger partial charge in [-0.15, -0.1) is 0 Å². The normalized spacial score (nSPS) is 13.8. The molecule has 2 nitrogen and oxygen atoms in total. The zero-order valence-electron chi connectivity index (χ0n) is 18.5. The minimum atomic E-state index is -0.761. The summed E-state index contributed by atoms with van der Waals surface area (Å²) in [4.78, 5) is 13.5. The van der Waals surface area contributed by atoms with Gasteiger partial charge in [-0.1, -0.05) is 121 Å². The molecular weight excluding hydrogens is 416 g/mol. The molecule has 5 aromatic carbocycles. The monoisotopic (exact) mass is 438 g/mol. The molecule has 2 heteroatoms. The highest BCUT2D eigenvalue weighted by atomic mass is 16.5. The van der Waals surface area contributed by atoms with E-state index >= 15 is 0 Å². The topological polar surface area (TPSA) is 26.3 Å². The quantitative estimate of drug-likeness (QED) is 0.273. The van der Waals surface area contributed by atoms with Gasteiger partial charge < -0.3 is 4.74 Å². The Bertz CT molecular complexity index is 1480. The fourth-order valence-corrected chi connectivity index (χ4v) is 4.79. The smallest absolute Gasteiger partial charge is 0.193 e. The number of hydrogen-bond acceptors (Lipinski definition) is 2. The lowest BCUT2D eigenvalue weighted by molar-refractivity contribution is 0.104. The second kappa shape index (κ2) is 8.17. The maximum atomic E-state index is 13.5. The summed E-state index contributed by atoms with van der Waals surface area (Å²) in [7, 11) is 0. The van der Waals surface area contributed by atoms with Crippen LogP contribution in [0.1, 0.15) is 32.6 Å². The molecule has 5 aromatic rings. The summed E-state index contributed by atoms with van der Waals surface area (Å²) in [6.45, 7) is 0. The van der Waals surface area contributed by atoms with Crippen LogP contribution < -0.4 is 4.74 Å². The zero-order chi connectivity index (χ0) is 23.0. The van der Waals surface area contributed by atoms with E-state index in [1.807, 2.05) is 97.1 Å². The summed E-state index contributed by atoms with van der Waals surface area (Å²) in [5, 5.41) is 1.82. The first-order chi connectivity index (χ1) is 16.8. The van der Waals surface area contributed by atoms with E-state index in [0.717, 1.165) is 33.2 Å². The standard InChI is InChI=1S/C32H22O2/c33-30(23-12-4-1-5-13-23)29-22-24-20-21-32(25-14-6-2-7-15-25,26-16-8-3-9-17-26)34-31(24)28-19-11-10-18-27(28)29/h1-22H. The highest BCUT2D eigenvalue weighted by Gasteiger charge is 2.37. The van der Waals surface area contributed by atoms with Gasteiger partial charge in [0.25, 0.3) is 0 Å². The molecule has 0 N–H and O–H groups in total. The number of ketones is 1. The van der Waals surface area contributed by atoms with Crippen molar-refractivity contribution in [2.75, 3.05) is 0 Å². The minimum Gasteiger partial charge on any atom is -0.472 e. The first-order valence-electron chi connectivity index (χ1n) is 11.4. The van der Waals surface area contributed by atoms with Gasteiger partial charge in [0.15, 0.2) is 11.4 Å². The molecule has 6 rings (SSSR count). The van der Waals surface area contributed by atoms with Gasteiger partial charge in [-0.3, -0.25) is 4.79 Å². The Labute approximate surface area is 198 Å². The van der Waals surface area contributed by atoms with Crippen molar-refractivity contribution < 1.29 is 9.53 Å². The molecule has 0 atom stereocenters. The van der Waals surface area contributed by atoms with Crippen LogP contribution in [0.2, 0.25) is 0 Å². The van der Waals surface area contributed by atoms with Crippen LogP contribution in [0.25, 0.3) is 16.8 Å². The third-order valence-corrected chi connectivity index (χ3v) is 6.47. The van der Waals surface area contributed by atoms with Crippen molar-refractivity contribution in [3.63, 3.8) is 0 Å². The van der Waals surface area contributed by atoms with E-state index in [4.69, 9.17) is 4.74 Å². The summed E-state index contributed by atoms with van der Waals surface area (Å²) < 4.78 is 6.95. The number of carbonyl (C=O) groups excluding carboxylic acids is 1. The lowest BCUT2D eigenvalue weighted by Gasteiger charge is -2.36. The van der Waals surface area contributed by atoms with Crippen molar-refractivity contribution >= 4 is 22.6 Å². The van der Waals surface area contributed by atoms with Crippen molar-refractivity contribution in [1.29, 1.82) is 0 Å². The summed E-state index contributed by atoms with van der Waals surface area (Å²) >= 11 is 0. The number of rotatable bonds is 4. The molecular formula is C32H22O2. The van der Waals surface area contributed by atoms with Crippen LogP contribution in [0.5, 0.6) is 5.75 Å². The fourth-order valence-electron chi connectivity index (χ4n) is 4.79. The molecule has 0 saturated carbocycles. The third-order valence-electron chi connectivity index (χ3n) is 6.47. The summed E-state index contributed by atoms with van der Waals surface area (Å²) in [6, 6.07) is 39.9. The van der Waals surface area contributed by atoms with Crippen LogP contribution in [0, 0.1) is 0 Å². The average Bonchev–Trinajstić information content (AvgIpc) is 2.93. The summed E-state index contributed by atoms with van der Waals surface area (Å²) in [5.74, 6) is 0.798. The molecule has 0 fully saturated rings. The molecule has 0 spiro atoms. The Morgan fingerprint density at radius 1 is 0.618 bits per heavy atom. The number of hydrogen-bond donors (Lipinski definition) is 0. The van der Waals surface area contributed by atoms with Crippen LogP contribution in [0.4, 0.5) is 0 Å². The van der Waals surface area contributed by atoms with Gasteiger partial charge in [-0.25, -0.2) is 0 Å². The molecule has 0 unspecified atom stereocenters. The second-order valence-electron chi connectivity index (χ2n) is 8.49. The molecule has 0 amide bonds. The summed E-state index contributed by atoms with van der Waals surface area (Å²) in [6.07, 6.45) is 4.19. The van der Waals surface area contributed by atoms with E-state index in [9.17, 15) is 4.79 Å². The van der Waals surface area contributed by atoms with Gasteiger partial charge in [0, 0.05) is 33.2 Å². The first kappa shape index (κ1) is 20.2. The molecule has 1 aliphatic heterocycles. The first-order valence-corrected chi connectivity index (χ1v) is 11.4. The predicted molar refractivity (Wildman–Crippen MR) is 137 cm³/mol. The molecule has 0 aliphatic carbocycles. The Morgan fingerprint density at radius 2 is 1.15 bits per heavy atom. The molecule has 1 aliphatic rings. The molecule has 34 heavy (non-hydrogen) atoms. The zero-order valence-corrected chi connectivity index (χ0v) is 18.5. The predicted octanol–water partition coefficient (Wildman–Crippen LogP) is 7.42. The van der Waals surface area contributed by atoms with Gasteiger partial charge >= 0.3 is 0 Å². The highest BCUT2D eigenvalue weighted by molar-refractivity contribution is 6.18. The van der Waals surface area contributed by atoms with Gasteiger partial charge in [-0.05, 0) is 17.5 Å². The lowest BCUT2D eigenvalue weighted by Crippen LogP contribution is -2.34. The van der Waals surface area contributed by atoms with Crippen molar-refractivity contribution in [2.24, 2.45) is 0 Å². The number of ether oxygens (including phenoxy) is 1. The van der Waals surface area contributed by atoms with Gasteiger partial charge in [0.05, 0.1) is 0 Å². The van der Waals surface area contributed by atoms with E-state index in [1.54, 1.807) is 0 Å². The Balaban J connectivity index is 1.58. The van der Waals surface area contributed by atoms with E-state index < -0.39 is 5.60 Å². The van der Waals surface area contributed by atoms with Gasteiger partial charge in [0.1, 0.15) is 5.75 Å². The van der Waals surface area contributed by atoms with Crippen molar-refractivity contribution in [1.82, 2.24) is 0 Å². The highest BCUT2D eigenvalue weighted by Crippen LogP contribution is 2.45. The lowest BCUT2D eigenvalue weighted by atomic mass is 9.82. The molecule has 1 heterocycles. The van der Waals surface area contributed by atoms with Crippen molar-refractivity contribution in [3.05, 3.63) is 155 Å². The van der Waals surface area contributed by atoms with E-state index in [1.165, 1.54) is 0 Å². The molecule has 0 saturated heterocycles. The van der Waals surface area contributed by atoms with Crippen LogP contribution in [-0.4, -0.2) is 5.78 Å². The Morgan fingerprint density at radius 3 is 1.76 bits per heavy atom. The van der Waals surface area contributed by atoms with Crippen molar-refractivity contribution in [3.8, 4) is 5.75 Å². The van der Waals surface area contributed by atoms with Crippen LogP contribution in [0.15, 0.2) is 127 Å². The number of carbonyl (C=O) groups is 1. The maximum Gasteiger partial charge on any atom is 0.193 e. The van der Waals surface area contributed by atoms with Crippen LogP contribution in [-0.2, 0) is 5.60 Å². The maximum absolute atomic E-state index is 13.5. The Hall–Kier alpha value is -4.43. The van der Waals surface area contributed by atoms with Crippen LogP contribution >= 0.6 is 0 Å². The van der Waals surface area contributed by atoms with E-state index in [-0.39, 0.29) is 5.78 Å². The molecule has 0 radical (unpaired) electrons.